The summed E-state index contributed by atoms with van der Waals surface area (Å²) < 4.78 is 41.0. The normalized spacial score (nSPS) is 21.1. The lowest BCUT2D eigenvalue weighted by Crippen LogP contribution is -2.32. The Morgan fingerprint density at radius 1 is 1.16 bits per heavy atom. The van der Waals surface area contributed by atoms with Crippen LogP contribution in [0.2, 0.25) is 0 Å². The van der Waals surface area contributed by atoms with Gasteiger partial charge in [0.25, 0.3) is 6.43 Å². The van der Waals surface area contributed by atoms with Crippen molar-refractivity contribution in [2.45, 2.75) is 57.7 Å². The van der Waals surface area contributed by atoms with E-state index in [4.69, 9.17) is 4.98 Å². The van der Waals surface area contributed by atoms with Crippen LogP contribution in [0, 0.1) is 12.7 Å². The summed E-state index contributed by atoms with van der Waals surface area (Å²) >= 11 is 0. The van der Waals surface area contributed by atoms with Gasteiger partial charge in [0.05, 0.1) is 28.5 Å². The summed E-state index contributed by atoms with van der Waals surface area (Å²) in [5, 5.41) is 7.80. The Balaban J connectivity index is 1.52. The fourth-order valence-corrected chi connectivity index (χ4v) is 4.89. The number of hydrogen-bond donors (Lipinski definition) is 2. The number of fused-ring (bicyclic) bond motifs is 3. The Kier molecular flexibility index (Phi) is 5.37. The second-order valence-corrected chi connectivity index (χ2v) is 8.71. The molecule has 4 heterocycles. The first-order chi connectivity index (χ1) is 15.4. The minimum absolute atomic E-state index is 0.205. The summed E-state index contributed by atoms with van der Waals surface area (Å²) in [6.07, 6.45) is 4.37. The Morgan fingerprint density at radius 2 is 1.97 bits per heavy atom. The zero-order valence-electron chi connectivity index (χ0n) is 18.0. The first kappa shape index (κ1) is 20.9. The predicted octanol–water partition coefficient (Wildman–Crippen LogP) is 6.10. The second kappa shape index (κ2) is 8.20. The van der Waals surface area contributed by atoms with Crippen LogP contribution in [-0.4, -0.2) is 22.1 Å². The molecule has 7 heteroatoms. The zero-order valence-corrected chi connectivity index (χ0v) is 18.0. The van der Waals surface area contributed by atoms with Crippen LogP contribution in [0.15, 0.2) is 42.6 Å². The topological polar surface area (TPSA) is 49.8 Å². The van der Waals surface area contributed by atoms with Crippen molar-refractivity contribution in [3.8, 4) is 0 Å². The first-order valence-corrected chi connectivity index (χ1v) is 11.0. The third-order valence-corrected chi connectivity index (χ3v) is 6.51. The molecule has 4 nitrogen and oxygen atoms in total. The minimum atomic E-state index is -2.85. The number of aryl methyl sites for hydroxylation is 1. The fraction of sp³-hybridized carbons (Fsp3) is 0.360. The van der Waals surface area contributed by atoms with Crippen molar-refractivity contribution in [3.63, 3.8) is 0 Å². The van der Waals surface area contributed by atoms with Gasteiger partial charge in [-0.15, -0.1) is 0 Å². The summed E-state index contributed by atoms with van der Waals surface area (Å²) in [4.78, 5) is 9.31. The van der Waals surface area contributed by atoms with Crippen LogP contribution < -0.4 is 10.6 Å². The maximum Gasteiger partial charge on any atom is 0.266 e. The van der Waals surface area contributed by atoms with Crippen LogP contribution in [0.25, 0.3) is 16.5 Å². The van der Waals surface area contributed by atoms with Gasteiger partial charge in [-0.1, -0.05) is 24.3 Å². The van der Waals surface area contributed by atoms with E-state index in [1.165, 1.54) is 24.1 Å². The first-order valence-electron chi connectivity index (χ1n) is 11.0. The van der Waals surface area contributed by atoms with Gasteiger partial charge in [-0.3, -0.25) is 9.97 Å². The third kappa shape index (κ3) is 3.75. The molecule has 5 rings (SSSR count). The molecule has 32 heavy (non-hydrogen) atoms. The summed E-state index contributed by atoms with van der Waals surface area (Å²) in [6, 6.07) is 8.38. The van der Waals surface area contributed by atoms with Gasteiger partial charge in [-0.25, -0.2) is 13.2 Å². The smallest absolute Gasteiger partial charge is 0.266 e. The van der Waals surface area contributed by atoms with Crippen LogP contribution in [0.5, 0.6) is 0 Å². The SMILES string of the molecule is Cc1nc(C2=CC3CCC(C2)N3)cc2c(N[C@H](C)c3cccc(C(F)F)c3F)ccnc12. The molecule has 1 saturated heterocycles. The van der Waals surface area contributed by atoms with Crippen molar-refractivity contribution in [2.24, 2.45) is 0 Å². The number of aromatic nitrogens is 2. The molecule has 2 N–H and O–H groups in total. The standard InChI is InChI=1S/C25H25F3N4/c1-13(18-4-3-5-19(23(18)26)25(27)28)30-21-8-9-29-24-14(2)31-22(12-20(21)24)15-10-16-6-7-17(11-15)32-16/h3-5,8-10,12-13,16-17,25,32H,6-7,11H2,1-2H3,(H,29,30)/t13-,16?,17?/m1/s1. The van der Waals surface area contributed by atoms with Gasteiger partial charge in [0.1, 0.15) is 5.82 Å². The second-order valence-electron chi connectivity index (χ2n) is 8.71. The number of nitrogens with zero attached hydrogens (tertiary/aromatic N) is 2. The van der Waals surface area contributed by atoms with Gasteiger partial charge in [0.2, 0.25) is 0 Å². The summed E-state index contributed by atoms with van der Waals surface area (Å²) in [6.45, 7) is 3.70. The van der Waals surface area contributed by atoms with Gasteiger partial charge >= 0.3 is 0 Å². The van der Waals surface area contributed by atoms with Crippen LogP contribution in [0.4, 0.5) is 18.9 Å². The largest absolute Gasteiger partial charge is 0.378 e. The highest BCUT2D eigenvalue weighted by Gasteiger charge is 2.29. The van der Waals surface area contributed by atoms with Gasteiger partial charge in [-0.05, 0) is 50.8 Å². The summed E-state index contributed by atoms with van der Waals surface area (Å²) in [5.41, 5.74) is 4.16. The van der Waals surface area contributed by atoms with E-state index in [2.05, 4.69) is 21.7 Å². The van der Waals surface area contributed by atoms with E-state index in [9.17, 15) is 13.2 Å². The lowest BCUT2D eigenvalue weighted by atomic mass is 9.98. The van der Waals surface area contributed by atoms with E-state index in [0.29, 0.717) is 12.1 Å². The predicted molar refractivity (Wildman–Crippen MR) is 120 cm³/mol. The number of nitrogens with one attached hydrogen (secondary N) is 2. The molecule has 0 aliphatic carbocycles. The maximum absolute atomic E-state index is 14.7. The molecule has 2 unspecified atom stereocenters. The molecule has 0 radical (unpaired) electrons. The molecular formula is C25H25F3N4. The van der Waals surface area contributed by atoms with E-state index in [1.807, 2.05) is 19.1 Å². The van der Waals surface area contributed by atoms with Crippen molar-refractivity contribution in [2.75, 3.05) is 5.32 Å². The Bertz CT molecular complexity index is 1210. The van der Waals surface area contributed by atoms with E-state index in [0.717, 1.165) is 46.9 Å². The van der Waals surface area contributed by atoms with E-state index in [-0.39, 0.29) is 5.56 Å². The monoisotopic (exact) mass is 438 g/mol. The molecule has 1 fully saturated rings. The van der Waals surface area contributed by atoms with E-state index < -0.39 is 23.8 Å². The Labute approximate surface area is 185 Å². The molecule has 0 saturated carbocycles. The summed E-state index contributed by atoms with van der Waals surface area (Å²) in [5.74, 6) is -0.866. The molecule has 0 amide bonds. The van der Waals surface area contributed by atoms with Crippen LogP contribution >= 0.6 is 0 Å². The molecule has 1 aromatic carbocycles. The number of hydrogen-bond acceptors (Lipinski definition) is 4. The molecule has 2 aliphatic rings. The number of anilines is 1. The van der Waals surface area contributed by atoms with Crippen LogP contribution in [-0.2, 0) is 0 Å². The Morgan fingerprint density at radius 3 is 2.75 bits per heavy atom. The molecule has 2 aromatic heterocycles. The third-order valence-electron chi connectivity index (χ3n) is 6.51. The number of halogens is 3. The molecule has 3 aromatic rings. The van der Waals surface area contributed by atoms with Gasteiger partial charge in [0, 0.05) is 34.9 Å². The maximum atomic E-state index is 14.7. The number of rotatable bonds is 5. The number of alkyl halides is 2. The fourth-order valence-electron chi connectivity index (χ4n) is 4.89. The van der Waals surface area contributed by atoms with Crippen molar-refractivity contribution < 1.29 is 13.2 Å². The van der Waals surface area contributed by atoms with Crippen molar-refractivity contribution >= 4 is 22.2 Å². The average molecular weight is 438 g/mol. The molecule has 0 spiro atoms. The molecule has 3 atom stereocenters. The number of benzene rings is 1. The Hall–Kier alpha value is -2.93. The zero-order chi connectivity index (χ0) is 22.4. The highest BCUT2D eigenvalue weighted by atomic mass is 19.3. The lowest BCUT2D eigenvalue weighted by molar-refractivity contribution is 0.146. The molecule has 2 bridgehead atoms. The minimum Gasteiger partial charge on any atom is -0.378 e. The van der Waals surface area contributed by atoms with Crippen molar-refractivity contribution in [1.82, 2.24) is 15.3 Å². The van der Waals surface area contributed by atoms with Crippen LogP contribution in [0.1, 0.15) is 61.2 Å². The molecular weight excluding hydrogens is 413 g/mol. The molecule has 166 valence electrons. The van der Waals surface area contributed by atoms with Gasteiger partial charge in [-0.2, -0.15) is 0 Å². The highest BCUT2D eigenvalue weighted by Crippen LogP contribution is 2.35. The van der Waals surface area contributed by atoms with E-state index >= 15 is 0 Å². The van der Waals surface area contributed by atoms with Gasteiger partial charge < -0.3 is 10.6 Å². The molecule has 2 aliphatic heterocycles. The van der Waals surface area contributed by atoms with Crippen molar-refractivity contribution in [3.05, 3.63) is 70.9 Å². The van der Waals surface area contributed by atoms with Gasteiger partial charge in [0.15, 0.2) is 0 Å². The summed E-state index contributed by atoms with van der Waals surface area (Å²) in [7, 11) is 0. The van der Waals surface area contributed by atoms with E-state index in [1.54, 1.807) is 13.1 Å². The highest BCUT2D eigenvalue weighted by molar-refractivity contribution is 5.94. The van der Waals surface area contributed by atoms with Crippen molar-refractivity contribution in [1.29, 1.82) is 0 Å². The quantitative estimate of drug-likeness (QED) is 0.506. The number of pyridine rings is 2. The average Bonchev–Trinajstić information content (AvgIpc) is 3.11. The van der Waals surface area contributed by atoms with Crippen LogP contribution in [0.3, 0.4) is 0 Å². The lowest BCUT2D eigenvalue weighted by Gasteiger charge is -2.22.